The molecule has 0 spiro atoms. The average Bonchev–Trinajstić information content (AvgIpc) is 2.53. The maximum Gasteiger partial charge on any atom is 0.264 e. The molecule has 0 saturated carbocycles. The van der Waals surface area contributed by atoms with E-state index in [1.54, 1.807) is 24.3 Å². The molecule has 1 saturated heterocycles. The van der Waals surface area contributed by atoms with Crippen LogP contribution in [0.3, 0.4) is 0 Å². The fourth-order valence-corrected chi connectivity index (χ4v) is 2.27. The van der Waals surface area contributed by atoms with Crippen LogP contribution in [0.25, 0.3) is 6.08 Å². The third kappa shape index (κ3) is 2.24. The standard InChI is InChI=1S/C10H6Cl2N2OS/c11-6-3-1-2-5(8(6)12)4-7-9(15)14-10(13)16-7/h1-4H,(H2,13,14,15)/b7-4-. The molecule has 82 valence electrons. The number of nitrogens with one attached hydrogen (secondary N) is 2. The van der Waals surface area contributed by atoms with Crippen molar-refractivity contribution in [1.82, 2.24) is 5.32 Å². The number of rotatable bonds is 1. The summed E-state index contributed by atoms with van der Waals surface area (Å²) < 4.78 is 0. The van der Waals surface area contributed by atoms with Crippen molar-refractivity contribution in [1.29, 1.82) is 5.41 Å². The summed E-state index contributed by atoms with van der Waals surface area (Å²) in [6.45, 7) is 0. The van der Waals surface area contributed by atoms with Crippen LogP contribution < -0.4 is 5.32 Å². The smallest absolute Gasteiger partial charge is 0.264 e. The number of benzene rings is 1. The highest BCUT2D eigenvalue weighted by atomic mass is 35.5. The first-order valence-corrected chi connectivity index (χ1v) is 5.88. The van der Waals surface area contributed by atoms with Crippen LogP contribution in [0.1, 0.15) is 5.56 Å². The Morgan fingerprint density at radius 2 is 2.12 bits per heavy atom. The minimum atomic E-state index is -0.286. The first-order valence-electron chi connectivity index (χ1n) is 4.31. The van der Waals surface area contributed by atoms with Gasteiger partial charge in [0, 0.05) is 0 Å². The van der Waals surface area contributed by atoms with E-state index in [9.17, 15) is 4.79 Å². The molecule has 1 amide bonds. The van der Waals surface area contributed by atoms with E-state index in [-0.39, 0.29) is 11.1 Å². The molecule has 1 aliphatic rings. The molecule has 6 heteroatoms. The van der Waals surface area contributed by atoms with E-state index in [4.69, 9.17) is 28.6 Å². The van der Waals surface area contributed by atoms with Crippen LogP contribution in [0.5, 0.6) is 0 Å². The van der Waals surface area contributed by atoms with Gasteiger partial charge in [0.2, 0.25) is 0 Å². The SMILES string of the molecule is N=C1NC(=O)/C(=C/c2cccc(Cl)c2Cl)S1. The molecule has 1 aromatic rings. The summed E-state index contributed by atoms with van der Waals surface area (Å²) in [5.41, 5.74) is 0.668. The van der Waals surface area contributed by atoms with Gasteiger partial charge in [-0.25, -0.2) is 0 Å². The number of amides is 1. The summed E-state index contributed by atoms with van der Waals surface area (Å²) in [5.74, 6) is -0.286. The van der Waals surface area contributed by atoms with Crippen molar-refractivity contribution in [3.05, 3.63) is 38.7 Å². The molecule has 0 aromatic heterocycles. The van der Waals surface area contributed by atoms with Crippen molar-refractivity contribution in [2.75, 3.05) is 0 Å². The van der Waals surface area contributed by atoms with Gasteiger partial charge in [-0.05, 0) is 29.5 Å². The van der Waals surface area contributed by atoms with Gasteiger partial charge < -0.3 is 5.32 Å². The molecule has 0 unspecified atom stereocenters. The number of thioether (sulfide) groups is 1. The van der Waals surface area contributed by atoms with Gasteiger partial charge in [0.1, 0.15) is 0 Å². The van der Waals surface area contributed by atoms with E-state index >= 15 is 0 Å². The summed E-state index contributed by atoms with van der Waals surface area (Å²) in [6.07, 6.45) is 1.62. The number of hydrogen-bond acceptors (Lipinski definition) is 3. The van der Waals surface area contributed by atoms with Crippen LogP contribution in [0.4, 0.5) is 0 Å². The van der Waals surface area contributed by atoms with Crippen molar-refractivity contribution in [2.45, 2.75) is 0 Å². The quantitative estimate of drug-likeness (QED) is 0.772. The van der Waals surface area contributed by atoms with Crippen molar-refractivity contribution in [3.63, 3.8) is 0 Å². The van der Waals surface area contributed by atoms with Gasteiger partial charge in [-0.2, -0.15) is 0 Å². The zero-order valence-electron chi connectivity index (χ0n) is 7.88. The fraction of sp³-hybridized carbons (Fsp3) is 0. The lowest BCUT2D eigenvalue weighted by molar-refractivity contribution is -0.115. The first kappa shape index (κ1) is 11.5. The lowest BCUT2D eigenvalue weighted by Gasteiger charge is -2.00. The predicted molar refractivity (Wildman–Crippen MR) is 67.9 cm³/mol. The summed E-state index contributed by atoms with van der Waals surface area (Å²) >= 11 is 12.9. The van der Waals surface area contributed by atoms with Crippen LogP contribution in [-0.2, 0) is 4.79 Å². The minimum Gasteiger partial charge on any atom is -0.301 e. The maximum atomic E-state index is 11.4. The number of hydrogen-bond donors (Lipinski definition) is 2. The summed E-state index contributed by atoms with van der Waals surface area (Å²) in [5, 5.41) is 10.7. The minimum absolute atomic E-state index is 0.120. The Balaban J connectivity index is 2.40. The number of halogens is 2. The van der Waals surface area contributed by atoms with Crippen LogP contribution in [0.2, 0.25) is 10.0 Å². The molecule has 1 aromatic carbocycles. The number of carbonyl (C=O) groups is 1. The van der Waals surface area contributed by atoms with Crippen molar-refractivity contribution in [3.8, 4) is 0 Å². The topological polar surface area (TPSA) is 53.0 Å². The fourth-order valence-electron chi connectivity index (χ4n) is 1.21. The summed E-state index contributed by atoms with van der Waals surface area (Å²) in [6, 6.07) is 5.19. The highest BCUT2D eigenvalue weighted by molar-refractivity contribution is 8.18. The highest BCUT2D eigenvalue weighted by Crippen LogP contribution is 2.31. The lowest BCUT2D eigenvalue weighted by Crippen LogP contribution is -2.18. The average molecular weight is 273 g/mol. The van der Waals surface area contributed by atoms with Gasteiger partial charge in [-0.3, -0.25) is 10.2 Å². The maximum absolute atomic E-state index is 11.4. The molecule has 3 nitrogen and oxygen atoms in total. The Morgan fingerprint density at radius 3 is 2.75 bits per heavy atom. The molecule has 1 heterocycles. The molecule has 1 fully saturated rings. The number of carbonyl (C=O) groups excluding carboxylic acids is 1. The Bertz CT molecular complexity index is 514. The monoisotopic (exact) mass is 272 g/mol. The predicted octanol–water partition coefficient (Wildman–Crippen LogP) is 3.13. The second-order valence-electron chi connectivity index (χ2n) is 3.04. The van der Waals surface area contributed by atoms with E-state index in [0.29, 0.717) is 20.5 Å². The largest absolute Gasteiger partial charge is 0.301 e. The third-order valence-electron chi connectivity index (χ3n) is 1.93. The molecular formula is C10H6Cl2N2OS. The number of amidine groups is 1. The van der Waals surface area contributed by atoms with E-state index in [1.165, 1.54) is 0 Å². The van der Waals surface area contributed by atoms with Gasteiger partial charge in [0.05, 0.1) is 15.0 Å². The molecule has 2 N–H and O–H groups in total. The van der Waals surface area contributed by atoms with Crippen LogP contribution >= 0.6 is 35.0 Å². The van der Waals surface area contributed by atoms with Crippen LogP contribution in [0, 0.1) is 5.41 Å². The Kier molecular flexibility index (Phi) is 3.23. The van der Waals surface area contributed by atoms with E-state index in [1.807, 2.05) is 0 Å². The van der Waals surface area contributed by atoms with Gasteiger partial charge in [0.15, 0.2) is 5.17 Å². The highest BCUT2D eigenvalue weighted by Gasteiger charge is 2.22. The Labute approximate surface area is 106 Å². The lowest BCUT2D eigenvalue weighted by atomic mass is 10.2. The van der Waals surface area contributed by atoms with Gasteiger partial charge in [-0.1, -0.05) is 35.3 Å². The van der Waals surface area contributed by atoms with E-state index in [0.717, 1.165) is 11.8 Å². The summed E-state index contributed by atoms with van der Waals surface area (Å²) in [4.78, 5) is 11.8. The zero-order chi connectivity index (χ0) is 11.7. The third-order valence-corrected chi connectivity index (χ3v) is 3.59. The normalized spacial score (nSPS) is 18.0. The first-order chi connectivity index (χ1) is 7.58. The molecule has 0 radical (unpaired) electrons. The Hall–Kier alpha value is -0.970. The van der Waals surface area contributed by atoms with Gasteiger partial charge in [0.25, 0.3) is 5.91 Å². The Morgan fingerprint density at radius 1 is 1.38 bits per heavy atom. The van der Waals surface area contributed by atoms with Crippen molar-refractivity contribution < 1.29 is 4.79 Å². The van der Waals surface area contributed by atoms with Crippen LogP contribution in [0.15, 0.2) is 23.1 Å². The van der Waals surface area contributed by atoms with Gasteiger partial charge >= 0.3 is 0 Å². The van der Waals surface area contributed by atoms with Gasteiger partial charge in [-0.15, -0.1) is 0 Å². The molecule has 16 heavy (non-hydrogen) atoms. The molecule has 2 rings (SSSR count). The second kappa shape index (κ2) is 4.49. The molecular weight excluding hydrogens is 267 g/mol. The van der Waals surface area contributed by atoms with Crippen molar-refractivity contribution >= 4 is 52.1 Å². The molecule has 0 atom stereocenters. The second-order valence-corrected chi connectivity index (χ2v) is 4.87. The molecule has 1 aliphatic heterocycles. The summed E-state index contributed by atoms with van der Waals surface area (Å²) in [7, 11) is 0. The van der Waals surface area contributed by atoms with E-state index < -0.39 is 0 Å². The molecule has 0 aliphatic carbocycles. The molecule has 0 bridgehead atoms. The van der Waals surface area contributed by atoms with Crippen molar-refractivity contribution in [2.24, 2.45) is 0 Å². The zero-order valence-corrected chi connectivity index (χ0v) is 10.2. The van der Waals surface area contributed by atoms with Crippen LogP contribution in [-0.4, -0.2) is 11.1 Å². The van der Waals surface area contributed by atoms with E-state index in [2.05, 4.69) is 5.32 Å².